The number of nitrogens with zero attached hydrogens (tertiary/aromatic N) is 1. The average molecular weight is 170 g/mol. The summed E-state index contributed by atoms with van der Waals surface area (Å²) in [6.45, 7) is 9.24. The Kier molecular flexibility index (Phi) is 3.53. The van der Waals surface area contributed by atoms with Gasteiger partial charge in [-0.05, 0) is 32.2 Å². The minimum atomic E-state index is 0.400. The van der Waals surface area contributed by atoms with E-state index in [1.165, 1.54) is 25.9 Å². The molecule has 2 unspecified atom stereocenters. The normalized spacial score (nSPS) is 32.8. The van der Waals surface area contributed by atoms with E-state index in [4.69, 9.17) is 5.73 Å². The van der Waals surface area contributed by atoms with Gasteiger partial charge >= 0.3 is 0 Å². The van der Waals surface area contributed by atoms with E-state index in [0.717, 1.165) is 5.92 Å². The van der Waals surface area contributed by atoms with Gasteiger partial charge in [0.05, 0.1) is 0 Å². The Morgan fingerprint density at radius 2 is 2.17 bits per heavy atom. The lowest BCUT2D eigenvalue weighted by Gasteiger charge is -2.38. The summed E-state index contributed by atoms with van der Waals surface area (Å²) in [6, 6.07) is 0.985. The van der Waals surface area contributed by atoms with Crippen LogP contribution >= 0.6 is 0 Å². The van der Waals surface area contributed by atoms with Gasteiger partial charge in [0.2, 0.25) is 0 Å². The van der Waals surface area contributed by atoms with E-state index in [2.05, 4.69) is 25.7 Å². The number of hydrogen-bond acceptors (Lipinski definition) is 2. The van der Waals surface area contributed by atoms with Gasteiger partial charge in [0.25, 0.3) is 0 Å². The summed E-state index contributed by atoms with van der Waals surface area (Å²) in [5.41, 5.74) is 6.00. The van der Waals surface area contributed by atoms with Crippen LogP contribution in [0.2, 0.25) is 0 Å². The van der Waals surface area contributed by atoms with Gasteiger partial charge in [0.1, 0.15) is 0 Å². The van der Waals surface area contributed by atoms with E-state index < -0.39 is 0 Å². The largest absolute Gasteiger partial charge is 0.326 e. The predicted molar refractivity (Wildman–Crippen MR) is 53.1 cm³/mol. The summed E-state index contributed by atoms with van der Waals surface area (Å²) in [5.74, 6) is 0.762. The van der Waals surface area contributed by atoms with E-state index in [1.807, 2.05) is 0 Å². The van der Waals surface area contributed by atoms with Crippen LogP contribution in [-0.4, -0.2) is 30.1 Å². The first-order valence-corrected chi connectivity index (χ1v) is 5.11. The summed E-state index contributed by atoms with van der Waals surface area (Å²) >= 11 is 0. The van der Waals surface area contributed by atoms with Gasteiger partial charge in [-0.3, -0.25) is 4.90 Å². The van der Waals surface area contributed by atoms with Crippen molar-refractivity contribution < 1.29 is 0 Å². The Morgan fingerprint density at radius 1 is 1.50 bits per heavy atom. The van der Waals surface area contributed by atoms with E-state index in [9.17, 15) is 0 Å². The Labute approximate surface area is 76.1 Å². The fourth-order valence-electron chi connectivity index (χ4n) is 1.97. The standard InChI is InChI=1S/C10H22N2/c1-8(2)7-12-6-4-5-10(11)9(12)3/h8-10H,4-7,11H2,1-3H3. The molecule has 0 radical (unpaired) electrons. The lowest BCUT2D eigenvalue weighted by atomic mass is 9.97. The molecule has 0 aromatic heterocycles. The molecule has 72 valence electrons. The van der Waals surface area contributed by atoms with Crippen LogP contribution in [0.5, 0.6) is 0 Å². The molecule has 2 N–H and O–H groups in total. The first-order valence-electron chi connectivity index (χ1n) is 5.11. The van der Waals surface area contributed by atoms with Crippen LogP contribution in [0.15, 0.2) is 0 Å². The number of nitrogens with two attached hydrogens (primary N) is 1. The number of likely N-dealkylation sites (tertiary alicyclic amines) is 1. The van der Waals surface area contributed by atoms with Crippen molar-refractivity contribution in [3.8, 4) is 0 Å². The zero-order valence-corrected chi connectivity index (χ0v) is 8.59. The monoisotopic (exact) mass is 170 g/mol. The Hall–Kier alpha value is -0.0800. The van der Waals surface area contributed by atoms with Crippen LogP contribution in [0.1, 0.15) is 33.6 Å². The third-order valence-electron chi connectivity index (χ3n) is 2.78. The first-order chi connectivity index (χ1) is 5.61. The highest BCUT2D eigenvalue weighted by Crippen LogP contribution is 2.16. The van der Waals surface area contributed by atoms with Crippen LogP contribution < -0.4 is 5.73 Å². The van der Waals surface area contributed by atoms with Crippen LogP contribution in [-0.2, 0) is 0 Å². The highest BCUT2D eigenvalue weighted by atomic mass is 15.2. The van der Waals surface area contributed by atoms with Crippen molar-refractivity contribution in [3.63, 3.8) is 0 Å². The SMILES string of the molecule is CC(C)CN1CCCC(N)C1C. The van der Waals surface area contributed by atoms with Gasteiger partial charge in [-0.25, -0.2) is 0 Å². The molecule has 0 saturated carbocycles. The van der Waals surface area contributed by atoms with Crippen LogP contribution in [0, 0.1) is 5.92 Å². The molecule has 0 amide bonds. The molecule has 0 aliphatic carbocycles. The van der Waals surface area contributed by atoms with Gasteiger partial charge < -0.3 is 5.73 Å². The predicted octanol–water partition coefficient (Wildman–Crippen LogP) is 1.45. The van der Waals surface area contributed by atoms with Crippen molar-refractivity contribution in [2.24, 2.45) is 11.7 Å². The van der Waals surface area contributed by atoms with Crippen molar-refractivity contribution in [1.29, 1.82) is 0 Å². The minimum absolute atomic E-state index is 0.400. The third kappa shape index (κ3) is 2.46. The molecule has 0 spiro atoms. The molecule has 2 heteroatoms. The van der Waals surface area contributed by atoms with Crippen LogP contribution in [0.25, 0.3) is 0 Å². The average Bonchev–Trinajstić information content (AvgIpc) is 1.98. The first kappa shape index (κ1) is 10.0. The zero-order valence-electron chi connectivity index (χ0n) is 8.59. The molecule has 1 aliphatic rings. The van der Waals surface area contributed by atoms with Crippen molar-refractivity contribution in [3.05, 3.63) is 0 Å². The maximum Gasteiger partial charge on any atom is 0.0219 e. The number of hydrogen-bond donors (Lipinski definition) is 1. The maximum absolute atomic E-state index is 6.00. The topological polar surface area (TPSA) is 29.3 Å². The number of piperidine rings is 1. The van der Waals surface area contributed by atoms with Crippen molar-refractivity contribution >= 4 is 0 Å². The second-order valence-electron chi connectivity index (χ2n) is 4.44. The fourth-order valence-corrected chi connectivity index (χ4v) is 1.97. The molecule has 2 atom stereocenters. The highest BCUT2D eigenvalue weighted by molar-refractivity contribution is 4.83. The summed E-state index contributed by atoms with van der Waals surface area (Å²) in [5, 5.41) is 0. The van der Waals surface area contributed by atoms with E-state index in [1.54, 1.807) is 0 Å². The Balaban J connectivity index is 2.41. The van der Waals surface area contributed by atoms with Gasteiger partial charge in [0, 0.05) is 18.6 Å². The summed E-state index contributed by atoms with van der Waals surface area (Å²) in [4.78, 5) is 2.53. The van der Waals surface area contributed by atoms with E-state index >= 15 is 0 Å². The molecule has 2 nitrogen and oxygen atoms in total. The smallest absolute Gasteiger partial charge is 0.0219 e. The van der Waals surface area contributed by atoms with Gasteiger partial charge in [-0.1, -0.05) is 13.8 Å². The molecular formula is C10H22N2. The zero-order chi connectivity index (χ0) is 9.14. The summed E-state index contributed by atoms with van der Waals surface area (Å²) < 4.78 is 0. The van der Waals surface area contributed by atoms with Gasteiger partial charge in [0.15, 0.2) is 0 Å². The van der Waals surface area contributed by atoms with Gasteiger partial charge in [-0.2, -0.15) is 0 Å². The molecule has 0 bridgehead atoms. The van der Waals surface area contributed by atoms with E-state index in [0.29, 0.717) is 12.1 Å². The quantitative estimate of drug-likeness (QED) is 0.679. The van der Waals surface area contributed by atoms with Crippen molar-refractivity contribution in [2.75, 3.05) is 13.1 Å². The van der Waals surface area contributed by atoms with E-state index in [-0.39, 0.29) is 0 Å². The molecule has 1 rings (SSSR count). The molecule has 0 aromatic rings. The molecule has 0 aromatic carbocycles. The molecule has 1 heterocycles. The molecule has 12 heavy (non-hydrogen) atoms. The number of rotatable bonds is 2. The molecular weight excluding hydrogens is 148 g/mol. The molecule has 1 saturated heterocycles. The van der Waals surface area contributed by atoms with Crippen molar-refractivity contribution in [1.82, 2.24) is 4.90 Å². The Morgan fingerprint density at radius 3 is 2.75 bits per heavy atom. The lowest BCUT2D eigenvalue weighted by Crippen LogP contribution is -2.51. The fraction of sp³-hybridized carbons (Fsp3) is 1.00. The highest BCUT2D eigenvalue weighted by Gasteiger charge is 2.24. The van der Waals surface area contributed by atoms with Crippen LogP contribution in [0.3, 0.4) is 0 Å². The Bertz CT molecular complexity index is 134. The second-order valence-corrected chi connectivity index (χ2v) is 4.44. The van der Waals surface area contributed by atoms with Crippen molar-refractivity contribution in [2.45, 2.75) is 45.7 Å². The molecule has 1 aliphatic heterocycles. The lowest BCUT2D eigenvalue weighted by molar-refractivity contribution is 0.126. The molecule has 1 fully saturated rings. The van der Waals surface area contributed by atoms with Crippen LogP contribution in [0.4, 0.5) is 0 Å². The maximum atomic E-state index is 6.00. The summed E-state index contributed by atoms with van der Waals surface area (Å²) in [7, 11) is 0. The van der Waals surface area contributed by atoms with Gasteiger partial charge in [-0.15, -0.1) is 0 Å². The summed E-state index contributed by atoms with van der Waals surface area (Å²) in [6.07, 6.45) is 2.48. The third-order valence-corrected chi connectivity index (χ3v) is 2.78. The second kappa shape index (κ2) is 4.24. The minimum Gasteiger partial charge on any atom is -0.326 e.